The van der Waals surface area contributed by atoms with Gasteiger partial charge in [-0.25, -0.2) is 9.24 Å². The molecule has 172 valence electrons. The van der Waals surface area contributed by atoms with E-state index in [1.165, 1.54) is 28.5 Å². The molecule has 1 saturated heterocycles. The van der Waals surface area contributed by atoms with Crippen LogP contribution in [0.4, 0.5) is 21.5 Å². The number of anilines is 2. The lowest BCUT2D eigenvalue weighted by Gasteiger charge is -2.29. The predicted octanol–water partition coefficient (Wildman–Crippen LogP) is 4.99. The number of nitrogens with one attached hydrogen (secondary N) is 1. The molecule has 2 amide bonds. The highest BCUT2D eigenvalue weighted by atomic mass is 32.1. The Kier molecular flexibility index (Phi) is 6.17. The van der Waals surface area contributed by atoms with E-state index in [1.54, 1.807) is 61.5 Å². The first-order valence-electron chi connectivity index (χ1n) is 10.3. The Morgan fingerprint density at radius 2 is 2.00 bits per heavy atom. The minimum atomic E-state index is -1.06. The first kappa shape index (κ1) is 23.5. The number of hydrogen-bond acceptors (Lipinski definition) is 5. The summed E-state index contributed by atoms with van der Waals surface area (Å²) in [5.74, 6) is -1.11. The van der Waals surface area contributed by atoms with Crippen molar-refractivity contribution < 1.29 is 14.0 Å². The molecule has 0 aliphatic carbocycles. The van der Waals surface area contributed by atoms with Gasteiger partial charge in [-0.1, -0.05) is 12.1 Å². The van der Waals surface area contributed by atoms with Crippen molar-refractivity contribution in [1.82, 2.24) is 10.3 Å². The number of rotatable bonds is 5. The molecule has 2 heterocycles. The molecule has 0 bridgehead atoms. The number of nitrogens with zero attached hydrogens (tertiary/aromatic N) is 4. The lowest BCUT2D eigenvalue weighted by atomic mass is 10.0. The van der Waals surface area contributed by atoms with Crippen LogP contribution in [-0.2, 0) is 11.3 Å². The van der Waals surface area contributed by atoms with Gasteiger partial charge in [0, 0.05) is 23.5 Å². The van der Waals surface area contributed by atoms with E-state index in [1.807, 2.05) is 0 Å². The molecule has 4 rings (SSSR count). The van der Waals surface area contributed by atoms with Crippen molar-refractivity contribution in [3.8, 4) is 0 Å². The van der Waals surface area contributed by atoms with Gasteiger partial charge in [0.25, 0.3) is 11.8 Å². The fourth-order valence-corrected chi connectivity index (χ4v) is 4.83. The average Bonchev–Trinajstić information content (AvgIpc) is 3.39. The second-order valence-electron chi connectivity index (χ2n) is 8.22. The van der Waals surface area contributed by atoms with E-state index in [9.17, 15) is 14.0 Å². The maximum Gasteiger partial charge on any atom is 0.263 e. The van der Waals surface area contributed by atoms with Crippen LogP contribution in [0.1, 0.15) is 34.6 Å². The Labute approximate surface area is 205 Å². The van der Waals surface area contributed by atoms with Gasteiger partial charge < -0.3 is 10.2 Å². The van der Waals surface area contributed by atoms with Crippen molar-refractivity contribution in [1.29, 1.82) is 0 Å². The molecule has 1 aromatic heterocycles. The topological polar surface area (TPSA) is 69.9 Å². The fourth-order valence-electron chi connectivity index (χ4n) is 3.77. The molecule has 0 radical (unpaired) electrons. The zero-order chi connectivity index (χ0) is 24.6. The summed E-state index contributed by atoms with van der Waals surface area (Å²) in [5.41, 5.74) is 3.01. The van der Waals surface area contributed by atoms with Gasteiger partial charge in [0.1, 0.15) is 16.2 Å². The predicted molar refractivity (Wildman–Crippen MR) is 134 cm³/mol. The minimum Gasteiger partial charge on any atom is -0.347 e. The number of benzene rings is 2. The first-order valence-corrected chi connectivity index (χ1v) is 11.6. The second kappa shape index (κ2) is 8.93. The van der Waals surface area contributed by atoms with Crippen LogP contribution in [0.2, 0.25) is 0 Å². The molecule has 0 unspecified atom stereocenters. The quantitative estimate of drug-likeness (QED) is 0.401. The van der Waals surface area contributed by atoms with E-state index in [2.05, 4.69) is 15.1 Å². The number of aryl methyl sites for hydroxylation is 1. The van der Waals surface area contributed by atoms with Crippen LogP contribution in [0, 0.1) is 19.3 Å². The third-order valence-corrected chi connectivity index (χ3v) is 6.75. The molecule has 10 heteroatoms. The molecular formula is C24H20FN5O2S2. The van der Waals surface area contributed by atoms with Crippen LogP contribution in [-0.4, -0.2) is 27.4 Å². The third-order valence-electron chi connectivity index (χ3n) is 5.62. The zero-order valence-electron chi connectivity index (χ0n) is 18.6. The Bertz CT molecular complexity index is 1350. The third kappa shape index (κ3) is 4.04. The number of hydrogen-bond donors (Lipinski definition) is 1. The summed E-state index contributed by atoms with van der Waals surface area (Å²) in [6.07, 6.45) is 1.45. The second-order valence-corrected chi connectivity index (χ2v) is 9.48. The molecule has 1 aliphatic heterocycles. The zero-order valence-corrected chi connectivity index (χ0v) is 20.3. The summed E-state index contributed by atoms with van der Waals surface area (Å²) in [7, 11) is 0. The summed E-state index contributed by atoms with van der Waals surface area (Å²) in [5, 5.41) is 2.89. The molecule has 0 atom stereocenters. The monoisotopic (exact) mass is 493 g/mol. The van der Waals surface area contributed by atoms with E-state index in [4.69, 9.17) is 18.8 Å². The molecule has 1 fully saturated rings. The molecule has 0 saturated carbocycles. The Morgan fingerprint density at radius 1 is 1.26 bits per heavy atom. The largest absolute Gasteiger partial charge is 0.347 e. The van der Waals surface area contributed by atoms with Gasteiger partial charge in [0.2, 0.25) is 0 Å². The van der Waals surface area contributed by atoms with E-state index < -0.39 is 11.4 Å². The summed E-state index contributed by atoms with van der Waals surface area (Å²) in [6, 6.07) is 9.63. The van der Waals surface area contributed by atoms with Gasteiger partial charge in [-0.15, -0.1) is 11.3 Å². The standard InChI is InChI=1S/C24H20FN5O2S2/c1-14-9-16(7-8-19(14)26-4)29-22(32)24(2,3)30(23(29)33)17-6-5-15(18(25)10-17)11-28-21(31)20-12-27-13-34-20/h5-10,12-13H,11H2,1-3H3,(H,28,31). The minimum absolute atomic E-state index is 0.00835. The van der Waals surface area contributed by atoms with Crippen LogP contribution >= 0.6 is 23.6 Å². The number of aromatic nitrogens is 1. The van der Waals surface area contributed by atoms with Gasteiger partial charge in [0.15, 0.2) is 10.8 Å². The summed E-state index contributed by atoms with van der Waals surface area (Å²) in [4.78, 5) is 36.2. The first-order chi connectivity index (χ1) is 16.1. The number of thiocarbonyl (C=S) groups is 1. The van der Waals surface area contributed by atoms with Gasteiger partial charge >= 0.3 is 0 Å². The molecule has 34 heavy (non-hydrogen) atoms. The highest BCUT2D eigenvalue weighted by Crippen LogP contribution is 2.38. The number of thiazole rings is 1. The smallest absolute Gasteiger partial charge is 0.263 e. The van der Waals surface area contributed by atoms with Crippen molar-refractivity contribution in [3.63, 3.8) is 0 Å². The van der Waals surface area contributed by atoms with Gasteiger partial charge in [-0.05, 0) is 62.8 Å². The van der Waals surface area contributed by atoms with Crippen LogP contribution in [0.25, 0.3) is 4.85 Å². The van der Waals surface area contributed by atoms with Crippen molar-refractivity contribution in [2.45, 2.75) is 32.9 Å². The molecule has 1 N–H and O–H groups in total. The maximum absolute atomic E-state index is 15.0. The molecular weight excluding hydrogens is 473 g/mol. The lowest BCUT2D eigenvalue weighted by Crippen LogP contribution is -2.44. The summed E-state index contributed by atoms with van der Waals surface area (Å²) in [6.45, 7) is 12.5. The van der Waals surface area contributed by atoms with Crippen molar-refractivity contribution in [2.24, 2.45) is 0 Å². The van der Waals surface area contributed by atoms with Crippen molar-refractivity contribution in [3.05, 3.63) is 81.3 Å². The normalized spacial score (nSPS) is 14.9. The van der Waals surface area contributed by atoms with Crippen molar-refractivity contribution in [2.75, 3.05) is 9.80 Å². The number of carbonyl (C=O) groups is 2. The highest BCUT2D eigenvalue weighted by molar-refractivity contribution is 7.81. The molecule has 0 spiro atoms. The number of carbonyl (C=O) groups excluding carboxylic acids is 2. The SMILES string of the molecule is [C-]#[N+]c1ccc(N2C(=O)C(C)(C)N(c3ccc(CNC(=O)c4cncs4)c(F)c3)C2=S)cc1C. The number of halogens is 1. The Balaban J connectivity index is 1.59. The van der Waals surface area contributed by atoms with Crippen LogP contribution in [0.5, 0.6) is 0 Å². The Hall–Kier alpha value is -3.68. The van der Waals surface area contributed by atoms with Crippen LogP contribution in [0.15, 0.2) is 48.1 Å². The highest BCUT2D eigenvalue weighted by Gasteiger charge is 2.50. The Morgan fingerprint density at radius 3 is 2.62 bits per heavy atom. The van der Waals surface area contributed by atoms with E-state index >= 15 is 0 Å². The van der Waals surface area contributed by atoms with Crippen molar-refractivity contribution >= 4 is 57.5 Å². The summed E-state index contributed by atoms with van der Waals surface area (Å²) >= 11 is 6.85. The maximum atomic E-state index is 15.0. The van der Waals surface area contributed by atoms with Gasteiger partial charge in [-0.3, -0.25) is 19.5 Å². The van der Waals surface area contributed by atoms with Gasteiger partial charge in [-0.2, -0.15) is 0 Å². The molecule has 3 aromatic rings. The fraction of sp³-hybridized carbons (Fsp3) is 0.208. The average molecular weight is 494 g/mol. The van der Waals surface area contributed by atoms with Crippen LogP contribution in [0.3, 0.4) is 0 Å². The van der Waals surface area contributed by atoms with Crippen LogP contribution < -0.4 is 15.1 Å². The lowest BCUT2D eigenvalue weighted by molar-refractivity contribution is -0.120. The molecule has 7 nitrogen and oxygen atoms in total. The van der Waals surface area contributed by atoms with Gasteiger partial charge in [0.05, 0.1) is 18.3 Å². The molecule has 2 aromatic carbocycles. The van der Waals surface area contributed by atoms with E-state index in [0.29, 0.717) is 27.5 Å². The number of amides is 2. The summed E-state index contributed by atoms with van der Waals surface area (Å²) < 4.78 is 15.0. The van der Waals surface area contributed by atoms with E-state index in [0.717, 1.165) is 5.56 Å². The van der Waals surface area contributed by atoms with E-state index in [-0.39, 0.29) is 23.5 Å². The molecule has 1 aliphatic rings.